The van der Waals surface area contributed by atoms with E-state index in [0.29, 0.717) is 29.5 Å². The van der Waals surface area contributed by atoms with E-state index in [1.165, 1.54) is 12.1 Å². The Labute approximate surface area is 179 Å². The first-order chi connectivity index (χ1) is 14.4. The monoisotopic (exact) mass is 427 g/mol. The summed E-state index contributed by atoms with van der Waals surface area (Å²) in [5.41, 5.74) is 8.66. The molecule has 2 heterocycles. The highest BCUT2D eigenvalue weighted by Crippen LogP contribution is 2.27. The van der Waals surface area contributed by atoms with Gasteiger partial charge in [-0.15, -0.1) is 0 Å². The third-order valence-electron chi connectivity index (χ3n) is 5.53. The molecule has 1 aliphatic rings. The first-order valence-corrected chi connectivity index (χ1v) is 10.2. The van der Waals surface area contributed by atoms with E-state index in [4.69, 9.17) is 17.3 Å². The largest absolute Gasteiger partial charge is 0.397 e. The molecule has 0 radical (unpaired) electrons. The number of anilines is 3. The van der Waals surface area contributed by atoms with Crippen molar-refractivity contribution >= 4 is 45.5 Å². The topological polar surface area (TPSA) is 74.5 Å². The molecule has 4 rings (SSSR count). The van der Waals surface area contributed by atoms with Gasteiger partial charge in [-0.1, -0.05) is 11.6 Å². The summed E-state index contributed by atoms with van der Waals surface area (Å²) in [6.07, 6.45) is 1.74. The van der Waals surface area contributed by atoms with Gasteiger partial charge < -0.3 is 16.0 Å². The molecule has 8 heteroatoms. The van der Waals surface area contributed by atoms with Crippen LogP contribution in [-0.2, 0) is 4.79 Å². The fourth-order valence-corrected chi connectivity index (χ4v) is 3.96. The molecule has 1 aromatic heterocycles. The summed E-state index contributed by atoms with van der Waals surface area (Å²) < 4.78 is 13.8. The molecule has 1 atom stereocenters. The number of hydrogen-bond donors (Lipinski definition) is 2. The van der Waals surface area contributed by atoms with E-state index in [-0.39, 0.29) is 17.8 Å². The molecule has 156 valence electrons. The summed E-state index contributed by atoms with van der Waals surface area (Å²) in [5, 5.41) is 4.21. The van der Waals surface area contributed by atoms with Gasteiger partial charge in [0, 0.05) is 48.5 Å². The Hall–Kier alpha value is -2.90. The van der Waals surface area contributed by atoms with E-state index in [1.807, 2.05) is 13.0 Å². The molecule has 0 aliphatic carbocycles. The Morgan fingerprint density at radius 2 is 1.93 bits per heavy atom. The summed E-state index contributed by atoms with van der Waals surface area (Å²) in [6.45, 7) is 4.77. The number of carbonyl (C=O) groups excluding carboxylic acids is 1. The number of benzene rings is 2. The Morgan fingerprint density at radius 1 is 1.17 bits per heavy atom. The zero-order valence-electron chi connectivity index (χ0n) is 16.6. The number of carbonyl (C=O) groups is 1. The third-order valence-corrected chi connectivity index (χ3v) is 5.77. The van der Waals surface area contributed by atoms with Gasteiger partial charge in [0.05, 0.1) is 22.9 Å². The first kappa shape index (κ1) is 20.4. The quantitative estimate of drug-likeness (QED) is 0.620. The maximum Gasteiger partial charge on any atom is 0.241 e. The van der Waals surface area contributed by atoms with Crippen molar-refractivity contribution in [2.75, 3.05) is 42.1 Å². The third kappa shape index (κ3) is 4.17. The standard InChI is InChI=1S/C22H23ClFN5O/c1-14(22(30)27-20-4-2-15(23)12-18(20)25)28-8-10-29(11-9-28)21-6-7-26-19-5-3-16(24)13-17(19)21/h2-7,12-14H,8-11,25H2,1H3,(H,27,30). The van der Waals surface area contributed by atoms with Gasteiger partial charge in [-0.25, -0.2) is 4.39 Å². The number of pyridine rings is 1. The average Bonchev–Trinajstić information content (AvgIpc) is 2.75. The van der Waals surface area contributed by atoms with Gasteiger partial charge >= 0.3 is 0 Å². The second-order valence-electron chi connectivity index (χ2n) is 7.41. The highest BCUT2D eigenvalue weighted by molar-refractivity contribution is 6.31. The molecule has 2 aromatic carbocycles. The Kier molecular flexibility index (Phi) is 5.74. The summed E-state index contributed by atoms with van der Waals surface area (Å²) in [5.74, 6) is -0.393. The van der Waals surface area contributed by atoms with Gasteiger partial charge in [-0.05, 0) is 49.4 Å². The molecule has 1 unspecified atom stereocenters. The van der Waals surface area contributed by atoms with Crippen LogP contribution in [0.3, 0.4) is 0 Å². The van der Waals surface area contributed by atoms with Gasteiger partial charge in [-0.3, -0.25) is 14.7 Å². The molecule has 3 aromatic rings. The normalized spacial score (nSPS) is 15.9. The zero-order valence-corrected chi connectivity index (χ0v) is 17.4. The van der Waals surface area contributed by atoms with Crippen molar-refractivity contribution in [2.24, 2.45) is 0 Å². The Balaban J connectivity index is 1.42. The van der Waals surface area contributed by atoms with Gasteiger partial charge in [0.1, 0.15) is 5.82 Å². The molecule has 6 nitrogen and oxygen atoms in total. The molecule has 30 heavy (non-hydrogen) atoms. The van der Waals surface area contributed by atoms with Gasteiger partial charge in [-0.2, -0.15) is 0 Å². The number of nitrogens with one attached hydrogen (secondary N) is 1. The number of nitrogen functional groups attached to an aromatic ring is 1. The highest BCUT2D eigenvalue weighted by atomic mass is 35.5. The number of piperazine rings is 1. The molecular formula is C22H23ClFN5O. The lowest BCUT2D eigenvalue weighted by atomic mass is 10.1. The Bertz CT molecular complexity index is 1080. The SMILES string of the molecule is CC(C(=O)Nc1ccc(Cl)cc1N)N1CCN(c2ccnc3ccc(F)cc23)CC1. The van der Waals surface area contributed by atoms with E-state index in [1.54, 1.807) is 30.5 Å². The van der Waals surface area contributed by atoms with Gasteiger partial charge in [0.2, 0.25) is 5.91 Å². The smallest absolute Gasteiger partial charge is 0.241 e. The minimum absolute atomic E-state index is 0.117. The molecule has 0 spiro atoms. The average molecular weight is 428 g/mol. The number of amides is 1. The van der Waals surface area contributed by atoms with Crippen LogP contribution in [0.15, 0.2) is 48.7 Å². The fraction of sp³-hybridized carbons (Fsp3) is 0.273. The van der Waals surface area contributed by atoms with Crippen molar-refractivity contribution in [3.63, 3.8) is 0 Å². The minimum Gasteiger partial charge on any atom is -0.397 e. The molecule has 1 amide bonds. The number of nitrogens with zero attached hydrogens (tertiary/aromatic N) is 3. The maximum atomic E-state index is 13.8. The first-order valence-electron chi connectivity index (χ1n) is 9.81. The molecule has 1 aliphatic heterocycles. The van der Waals surface area contributed by atoms with Crippen LogP contribution < -0.4 is 16.0 Å². The summed E-state index contributed by atoms with van der Waals surface area (Å²) in [7, 11) is 0. The maximum absolute atomic E-state index is 13.8. The van der Waals surface area contributed by atoms with Gasteiger partial charge in [0.25, 0.3) is 0 Å². The number of fused-ring (bicyclic) bond motifs is 1. The highest BCUT2D eigenvalue weighted by Gasteiger charge is 2.26. The van der Waals surface area contributed by atoms with Crippen LogP contribution in [0, 0.1) is 5.82 Å². The number of halogens is 2. The predicted molar refractivity (Wildman–Crippen MR) is 119 cm³/mol. The number of aromatic nitrogens is 1. The van der Waals surface area contributed by atoms with Crippen LogP contribution in [0.5, 0.6) is 0 Å². The van der Waals surface area contributed by atoms with E-state index in [9.17, 15) is 9.18 Å². The predicted octanol–water partition coefficient (Wildman–Crippen LogP) is 3.76. The summed E-state index contributed by atoms with van der Waals surface area (Å²) in [4.78, 5) is 21.4. The molecular weight excluding hydrogens is 405 g/mol. The van der Waals surface area contributed by atoms with Crippen molar-refractivity contribution in [1.29, 1.82) is 0 Å². The molecule has 1 fully saturated rings. The number of rotatable bonds is 4. The lowest BCUT2D eigenvalue weighted by Gasteiger charge is -2.38. The van der Waals surface area contributed by atoms with Crippen LogP contribution >= 0.6 is 11.6 Å². The molecule has 1 saturated heterocycles. The van der Waals surface area contributed by atoms with Crippen molar-refractivity contribution in [2.45, 2.75) is 13.0 Å². The van der Waals surface area contributed by atoms with Crippen molar-refractivity contribution in [3.05, 3.63) is 59.5 Å². The minimum atomic E-state index is -0.311. The molecule has 3 N–H and O–H groups in total. The van der Waals surface area contributed by atoms with E-state index in [2.05, 4.69) is 20.1 Å². The van der Waals surface area contributed by atoms with Crippen molar-refractivity contribution in [3.8, 4) is 0 Å². The second kappa shape index (κ2) is 8.45. The van der Waals surface area contributed by atoms with Crippen LogP contribution in [0.25, 0.3) is 10.9 Å². The van der Waals surface area contributed by atoms with Crippen LogP contribution in [0.1, 0.15) is 6.92 Å². The van der Waals surface area contributed by atoms with E-state index < -0.39 is 0 Å². The van der Waals surface area contributed by atoms with Gasteiger partial charge in [0.15, 0.2) is 0 Å². The summed E-state index contributed by atoms with van der Waals surface area (Å²) >= 11 is 5.92. The number of nitrogens with two attached hydrogens (primary N) is 1. The van der Waals surface area contributed by atoms with E-state index in [0.717, 1.165) is 29.7 Å². The second-order valence-corrected chi connectivity index (χ2v) is 7.85. The van der Waals surface area contributed by atoms with Crippen LogP contribution in [0.4, 0.5) is 21.5 Å². The van der Waals surface area contributed by atoms with Crippen molar-refractivity contribution < 1.29 is 9.18 Å². The lowest BCUT2D eigenvalue weighted by Crippen LogP contribution is -2.52. The zero-order chi connectivity index (χ0) is 21.3. The fourth-order valence-electron chi connectivity index (χ4n) is 3.78. The van der Waals surface area contributed by atoms with Crippen LogP contribution in [-0.4, -0.2) is 48.0 Å². The number of hydrogen-bond acceptors (Lipinski definition) is 5. The van der Waals surface area contributed by atoms with E-state index >= 15 is 0 Å². The summed E-state index contributed by atoms with van der Waals surface area (Å²) in [6, 6.07) is 11.3. The molecule has 0 saturated carbocycles. The van der Waals surface area contributed by atoms with Crippen LogP contribution in [0.2, 0.25) is 5.02 Å². The molecule has 0 bridgehead atoms. The lowest BCUT2D eigenvalue weighted by molar-refractivity contribution is -0.120. The Morgan fingerprint density at radius 3 is 2.67 bits per heavy atom. The van der Waals surface area contributed by atoms with Crippen molar-refractivity contribution in [1.82, 2.24) is 9.88 Å².